The summed E-state index contributed by atoms with van der Waals surface area (Å²) in [6.07, 6.45) is 0.852. The molecule has 0 radical (unpaired) electrons. The highest BCUT2D eigenvalue weighted by Crippen LogP contribution is 2.30. The molecule has 0 aliphatic carbocycles. The zero-order valence-corrected chi connectivity index (χ0v) is 16.0. The lowest BCUT2D eigenvalue weighted by atomic mass is 10.2. The van der Waals surface area contributed by atoms with E-state index in [1.165, 1.54) is 19.1 Å². The number of halogens is 4. The zero-order valence-electron chi connectivity index (χ0n) is 13.6. The van der Waals surface area contributed by atoms with Crippen LogP contribution in [0.3, 0.4) is 0 Å². The summed E-state index contributed by atoms with van der Waals surface area (Å²) in [6, 6.07) is 5.83. The van der Waals surface area contributed by atoms with Crippen molar-refractivity contribution in [2.24, 2.45) is 0 Å². The maximum Gasteiger partial charge on any atom is 0.248 e. The second-order valence-corrected chi connectivity index (χ2v) is 8.07. The van der Waals surface area contributed by atoms with Gasteiger partial charge in [0.2, 0.25) is 15.9 Å². The second kappa shape index (κ2) is 7.77. The fraction of sp³-hybridized carbons (Fsp3) is 0.188. The summed E-state index contributed by atoms with van der Waals surface area (Å²) in [5.41, 5.74) is 0.000922. The second-order valence-electron chi connectivity index (χ2n) is 5.42. The highest BCUT2D eigenvalue weighted by Gasteiger charge is 2.30. The third-order valence-electron chi connectivity index (χ3n) is 3.46. The van der Waals surface area contributed by atoms with Crippen LogP contribution in [0.4, 0.5) is 20.2 Å². The molecule has 2 aromatic rings. The predicted octanol–water partition coefficient (Wildman–Crippen LogP) is 4.06. The lowest BCUT2D eigenvalue weighted by Gasteiger charge is -2.28. The van der Waals surface area contributed by atoms with E-state index in [1.54, 1.807) is 6.07 Å². The molecule has 0 saturated heterocycles. The van der Waals surface area contributed by atoms with Crippen molar-refractivity contribution in [1.82, 2.24) is 0 Å². The molecule has 0 aromatic heterocycles. The molecule has 0 aliphatic heterocycles. The molecular weight excluding hydrogens is 409 g/mol. The van der Waals surface area contributed by atoms with E-state index >= 15 is 0 Å². The summed E-state index contributed by atoms with van der Waals surface area (Å²) >= 11 is 11.9. The number of hydrogen-bond acceptors (Lipinski definition) is 3. The van der Waals surface area contributed by atoms with Gasteiger partial charge in [-0.3, -0.25) is 9.10 Å². The number of carbonyl (C=O) groups is 1. The average Bonchev–Trinajstić information content (AvgIpc) is 2.54. The average molecular weight is 423 g/mol. The van der Waals surface area contributed by atoms with E-state index < -0.39 is 33.6 Å². The zero-order chi connectivity index (χ0) is 19.6. The smallest absolute Gasteiger partial charge is 0.248 e. The Hall–Kier alpha value is -1.90. The van der Waals surface area contributed by atoms with Crippen LogP contribution < -0.4 is 9.62 Å². The quantitative estimate of drug-likeness (QED) is 0.789. The van der Waals surface area contributed by atoms with Crippen LogP contribution in [0.5, 0.6) is 0 Å². The fourth-order valence-corrected chi connectivity index (χ4v) is 3.78. The van der Waals surface area contributed by atoms with Crippen LogP contribution in [-0.4, -0.2) is 26.6 Å². The summed E-state index contributed by atoms with van der Waals surface area (Å²) in [5, 5.41) is 2.77. The van der Waals surface area contributed by atoms with Gasteiger partial charge in [0.15, 0.2) is 11.6 Å². The number of anilines is 2. The molecule has 140 valence electrons. The number of carbonyl (C=O) groups excluding carboxylic acids is 1. The molecule has 0 unspecified atom stereocenters. The first-order valence-electron chi connectivity index (χ1n) is 7.21. The van der Waals surface area contributed by atoms with Gasteiger partial charge >= 0.3 is 0 Å². The van der Waals surface area contributed by atoms with Crippen molar-refractivity contribution >= 4 is 50.5 Å². The summed E-state index contributed by atoms with van der Waals surface area (Å²) in [6.45, 7) is 1.30. The van der Waals surface area contributed by atoms with Crippen LogP contribution in [0.2, 0.25) is 10.0 Å². The lowest BCUT2D eigenvalue weighted by Crippen LogP contribution is -2.45. The number of benzene rings is 2. The molecule has 0 fully saturated rings. The fourth-order valence-electron chi connectivity index (χ4n) is 2.27. The van der Waals surface area contributed by atoms with Crippen molar-refractivity contribution in [3.05, 3.63) is 58.1 Å². The number of hydrogen-bond donors (Lipinski definition) is 1. The van der Waals surface area contributed by atoms with E-state index in [9.17, 15) is 22.0 Å². The molecule has 0 saturated carbocycles. The highest BCUT2D eigenvalue weighted by atomic mass is 35.5. The largest absolute Gasteiger partial charge is 0.323 e. The molecule has 5 nitrogen and oxygen atoms in total. The monoisotopic (exact) mass is 422 g/mol. The highest BCUT2D eigenvalue weighted by molar-refractivity contribution is 7.92. The van der Waals surface area contributed by atoms with Crippen molar-refractivity contribution in [3.63, 3.8) is 0 Å². The molecule has 0 spiro atoms. The first-order valence-corrected chi connectivity index (χ1v) is 9.82. The first-order chi connectivity index (χ1) is 12.0. The predicted molar refractivity (Wildman–Crippen MR) is 98.2 cm³/mol. The number of sulfonamides is 1. The van der Waals surface area contributed by atoms with E-state index in [1.807, 2.05) is 0 Å². The van der Waals surface area contributed by atoms with E-state index in [2.05, 4.69) is 5.32 Å². The third kappa shape index (κ3) is 4.44. The lowest BCUT2D eigenvalue weighted by molar-refractivity contribution is -0.116. The Balaban J connectivity index is 2.37. The van der Waals surface area contributed by atoms with Crippen LogP contribution >= 0.6 is 23.2 Å². The molecule has 2 rings (SSSR count). The van der Waals surface area contributed by atoms with Crippen molar-refractivity contribution in [2.45, 2.75) is 13.0 Å². The molecule has 1 atom stereocenters. The standard InChI is InChI=1S/C16H14Cl2F2N2O3S/c1-9(16(23)21-14-5-3-4-11(17)15(14)18)22(26(2,24)25)10-6-7-12(19)13(20)8-10/h3-9H,1-2H3,(H,21,23)/t9-/m1/s1. The van der Waals surface area contributed by atoms with Crippen molar-refractivity contribution in [2.75, 3.05) is 15.9 Å². The SMILES string of the molecule is C[C@H](C(=O)Nc1cccc(Cl)c1Cl)N(c1ccc(F)c(F)c1)S(C)(=O)=O. The molecule has 0 bridgehead atoms. The summed E-state index contributed by atoms with van der Waals surface area (Å²) in [4.78, 5) is 12.5. The van der Waals surface area contributed by atoms with E-state index in [4.69, 9.17) is 23.2 Å². The van der Waals surface area contributed by atoms with Gasteiger partial charge in [0.1, 0.15) is 6.04 Å². The van der Waals surface area contributed by atoms with Crippen molar-refractivity contribution < 1.29 is 22.0 Å². The minimum absolute atomic E-state index is 0.0912. The first kappa shape index (κ1) is 20.4. The molecule has 1 amide bonds. The third-order valence-corrected chi connectivity index (χ3v) is 5.52. The molecule has 0 heterocycles. The molecule has 10 heteroatoms. The summed E-state index contributed by atoms with van der Waals surface area (Å²) < 4.78 is 51.6. The van der Waals surface area contributed by atoms with Gasteiger partial charge in [-0.05, 0) is 31.2 Å². The molecule has 2 aromatic carbocycles. The van der Waals surface area contributed by atoms with Gasteiger partial charge in [0.25, 0.3) is 0 Å². The molecule has 26 heavy (non-hydrogen) atoms. The van der Waals surface area contributed by atoms with E-state index in [-0.39, 0.29) is 21.4 Å². The Morgan fingerprint density at radius 3 is 2.38 bits per heavy atom. The van der Waals surface area contributed by atoms with Crippen LogP contribution in [0.15, 0.2) is 36.4 Å². The van der Waals surface area contributed by atoms with Crippen molar-refractivity contribution in [1.29, 1.82) is 0 Å². The van der Waals surface area contributed by atoms with Gasteiger partial charge in [0, 0.05) is 6.07 Å². The Morgan fingerprint density at radius 2 is 1.81 bits per heavy atom. The van der Waals surface area contributed by atoms with Crippen LogP contribution in [0.1, 0.15) is 6.92 Å². The number of rotatable bonds is 5. The molecular formula is C16H14Cl2F2N2O3S. The minimum Gasteiger partial charge on any atom is -0.323 e. The Morgan fingerprint density at radius 1 is 1.15 bits per heavy atom. The number of nitrogens with zero attached hydrogens (tertiary/aromatic N) is 1. The maximum atomic E-state index is 13.5. The van der Waals surface area contributed by atoms with Crippen LogP contribution in [0, 0.1) is 11.6 Å². The summed E-state index contributed by atoms with van der Waals surface area (Å²) in [7, 11) is -3.98. The topological polar surface area (TPSA) is 66.5 Å². The normalized spacial score (nSPS) is 12.5. The number of nitrogens with one attached hydrogen (secondary N) is 1. The van der Waals surface area contributed by atoms with Crippen LogP contribution in [0.25, 0.3) is 0 Å². The van der Waals surface area contributed by atoms with Gasteiger partial charge in [-0.2, -0.15) is 0 Å². The minimum atomic E-state index is -3.98. The van der Waals surface area contributed by atoms with Crippen LogP contribution in [-0.2, 0) is 14.8 Å². The molecule has 1 N–H and O–H groups in total. The van der Waals surface area contributed by atoms with Gasteiger partial charge in [-0.15, -0.1) is 0 Å². The number of amides is 1. The van der Waals surface area contributed by atoms with Gasteiger partial charge in [-0.25, -0.2) is 17.2 Å². The Labute approximate surface area is 159 Å². The Kier molecular flexibility index (Phi) is 6.10. The molecule has 0 aliphatic rings. The Bertz CT molecular complexity index is 955. The van der Waals surface area contributed by atoms with E-state index in [0.29, 0.717) is 10.4 Å². The maximum absolute atomic E-state index is 13.5. The summed E-state index contributed by atoms with van der Waals surface area (Å²) in [5.74, 6) is -3.10. The van der Waals surface area contributed by atoms with Crippen molar-refractivity contribution in [3.8, 4) is 0 Å². The van der Waals surface area contributed by atoms with Gasteiger partial charge in [-0.1, -0.05) is 29.3 Å². The van der Waals surface area contributed by atoms with Gasteiger partial charge < -0.3 is 5.32 Å². The van der Waals surface area contributed by atoms with Gasteiger partial charge in [0.05, 0.1) is 27.7 Å². The van der Waals surface area contributed by atoms with E-state index in [0.717, 1.165) is 18.4 Å².